The van der Waals surface area contributed by atoms with Gasteiger partial charge in [0.2, 0.25) is 0 Å². The third-order valence-corrected chi connectivity index (χ3v) is 5.61. The van der Waals surface area contributed by atoms with Crippen LogP contribution >= 0.6 is 0 Å². The Morgan fingerprint density at radius 1 is 1.00 bits per heavy atom. The summed E-state index contributed by atoms with van der Waals surface area (Å²) in [6, 6.07) is 21.6. The molecule has 0 radical (unpaired) electrons. The van der Waals surface area contributed by atoms with Crippen LogP contribution in [0.2, 0.25) is 0 Å². The first-order chi connectivity index (χ1) is 13.8. The molecule has 1 aliphatic rings. The molecular weight excluding hydrogens is 340 g/mol. The molecular formula is C26H34N2. The lowest BCUT2D eigenvalue weighted by Crippen LogP contribution is -2.37. The van der Waals surface area contributed by atoms with E-state index >= 15 is 0 Å². The summed E-state index contributed by atoms with van der Waals surface area (Å²) in [5, 5.41) is 3.70. The SMILES string of the molecule is C/C=C(/CN1CCC(Cc2ccccc2)CC1)N/C(=C\CC)c1ccccc1. The molecule has 0 unspecified atom stereocenters. The molecule has 3 rings (SSSR count). The summed E-state index contributed by atoms with van der Waals surface area (Å²) < 4.78 is 0. The summed E-state index contributed by atoms with van der Waals surface area (Å²) >= 11 is 0. The third kappa shape index (κ3) is 6.10. The number of benzene rings is 2. The highest BCUT2D eigenvalue weighted by Gasteiger charge is 2.20. The smallest absolute Gasteiger partial charge is 0.0415 e. The first-order valence-corrected chi connectivity index (χ1v) is 10.7. The zero-order valence-corrected chi connectivity index (χ0v) is 17.4. The number of piperidine rings is 1. The lowest BCUT2D eigenvalue weighted by Gasteiger charge is -2.33. The number of nitrogens with one attached hydrogen (secondary N) is 1. The molecule has 2 nitrogen and oxygen atoms in total. The number of allylic oxidation sites excluding steroid dienone is 2. The van der Waals surface area contributed by atoms with Gasteiger partial charge in [0, 0.05) is 17.9 Å². The average Bonchev–Trinajstić information content (AvgIpc) is 2.75. The van der Waals surface area contributed by atoms with E-state index in [2.05, 4.69) is 96.9 Å². The Morgan fingerprint density at radius 2 is 1.64 bits per heavy atom. The maximum atomic E-state index is 3.70. The van der Waals surface area contributed by atoms with E-state index in [-0.39, 0.29) is 0 Å². The van der Waals surface area contributed by atoms with Gasteiger partial charge in [-0.1, -0.05) is 79.7 Å². The van der Waals surface area contributed by atoms with Crippen LogP contribution in [0.5, 0.6) is 0 Å². The number of hydrogen-bond donors (Lipinski definition) is 1. The van der Waals surface area contributed by atoms with Crippen molar-refractivity contribution < 1.29 is 0 Å². The van der Waals surface area contributed by atoms with Crippen molar-refractivity contribution in [1.29, 1.82) is 0 Å². The molecule has 0 amide bonds. The molecule has 28 heavy (non-hydrogen) atoms. The molecule has 0 saturated carbocycles. The summed E-state index contributed by atoms with van der Waals surface area (Å²) in [5.74, 6) is 0.820. The molecule has 2 heteroatoms. The summed E-state index contributed by atoms with van der Waals surface area (Å²) in [7, 11) is 0. The van der Waals surface area contributed by atoms with Crippen LogP contribution in [0.3, 0.4) is 0 Å². The molecule has 0 atom stereocenters. The molecule has 0 aromatic heterocycles. The number of likely N-dealkylation sites (tertiary alicyclic amines) is 1. The summed E-state index contributed by atoms with van der Waals surface area (Å²) in [6.45, 7) is 7.71. The van der Waals surface area contributed by atoms with Crippen LogP contribution in [0, 0.1) is 5.92 Å². The van der Waals surface area contributed by atoms with Crippen LogP contribution in [0.15, 0.2) is 78.5 Å². The summed E-state index contributed by atoms with van der Waals surface area (Å²) in [6.07, 6.45) is 9.35. The zero-order valence-electron chi connectivity index (χ0n) is 17.4. The van der Waals surface area contributed by atoms with Gasteiger partial charge in [0.15, 0.2) is 0 Å². The molecule has 1 N–H and O–H groups in total. The van der Waals surface area contributed by atoms with Gasteiger partial charge >= 0.3 is 0 Å². The highest BCUT2D eigenvalue weighted by Crippen LogP contribution is 2.22. The van der Waals surface area contributed by atoms with E-state index in [0.29, 0.717) is 0 Å². The van der Waals surface area contributed by atoms with Crippen molar-refractivity contribution in [3.8, 4) is 0 Å². The van der Waals surface area contributed by atoms with Gasteiger partial charge in [-0.2, -0.15) is 0 Å². The van der Waals surface area contributed by atoms with Gasteiger partial charge in [-0.15, -0.1) is 0 Å². The van der Waals surface area contributed by atoms with E-state index in [1.54, 1.807) is 0 Å². The van der Waals surface area contributed by atoms with E-state index in [0.717, 1.165) is 18.9 Å². The summed E-state index contributed by atoms with van der Waals surface area (Å²) in [4.78, 5) is 2.60. The van der Waals surface area contributed by atoms with E-state index in [1.165, 1.54) is 54.9 Å². The van der Waals surface area contributed by atoms with E-state index < -0.39 is 0 Å². The maximum Gasteiger partial charge on any atom is 0.0415 e. The van der Waals surface area contributed by atoms with Crippen LogP contribution < -0.4 is 5.32 Å². The van der Waals surface area contributed by atoms with Crippen LogP contribution in [-0.4, -0.2) is 24.5 Å². The van der Waals surface area contributed by atoms with Crippen LogP contribution in [0.25, 0.3) is 5.70 Å². The van der Waals surface area contributed by atoms with Gasteiger partial charge in [-0.25, -0.2) is 0 Å². The fraction of sp³-hybridized carbons (Fsp3) is 0.385. The Morgan fingerprint density at radius 3 is 2.25 bits per heavy atom. The number of rotatable bonds is 8. The second-order valence-electron chi connectivity index (χ2n) is 7.74. The highest BCUT2D eigenvalue weighted by atomic mass is 15.1. The predicted octanol–water partition coefficient (Wildman–Crippen LogP) is 5.89. The van der Waals surface area contributed by atoms with Gasteiger partial charge in [0.1, 0.15) is 0 Å². The Labute approximate surface area is 171 Å². The van der Waals surface area contributed by atoms with Crippen molar-refractivity contribution in [2.45, 2.75) is 39.5 Å². The molecule has 2 aromatic rings. The maximum absolute atomic E-state index is 3.70. The largest absolute Gasteiger partial charge is 0.358 e. The van der Waals surface area contributed by atoms with E-state index in [1.807, 2.05) is 0 Å². The van der Waals surface area contributed by atoms with Gasteiger partial charge in [-0.05, 0) is 62.7 Å². The first kappa shape index (κ1) is 20.4. The number of hydrogen-bond acceptors (Lipinski definition) is 2. The molecule has 148 valence electrons. The third-order valence-electron chi connectivity index (χ3n) is 5.61. The Bertz CT molecular complexity index is 754. The van der Waals surface area contributed by atoms with Crippen molar-refractivity contribution in [3.63, 3.8) is 0 Å². The molecule has 1 aliphatic heterocycles. The average molecular weight is 375 g/mol. The normalized spacial score (nSPS) is 16.9. The van der Waals surface area contributed by atoms with E-state index in [4.69, 9.17) is 0 Å². The lowest BCUT2D eigenvalue weighted by atomic mass is 9.90. The molecule has 1 fully saturated rings. The standard InChI is InChI=1S/C26H34N2/c1-3-11-26(24-14-9-6-10-15-24)27-25(4-2)21-28-18-16-23(17-19-28)20-22-12-7-5-8-13-22/h4-15,23,27H,3,16-21H2,1-2H3/b25-4-,26-11-. The fourth-order valence-corrected chi connectivity index (χ4v) is 3.98. The predicted molar refractivity (Wildman–Crippen MR) is 121 cm³/mol. The highest BCUT2D eigenvalue weighted by molar-refractivity contribution is 5.65. The van der Waals surface area contributed by atoms with Crippen molar-refractivity contribution >= 4 is 5.70 Å². The zero-order chi connectivity index (χ0) is 19.6. The molecule has 0 spiro atoms. The molecule has 2 aromatic carbocycles. The second kappa shape index (κ2) is 10.9. The minimum Gasteiger partial charge on any atom is -0.358 e. The van der Waals surface area contributed by atoms with Crippen molar-refractivity contribution in [1.82, 2.24) is 10.2 Å². The Balaban J connectivity index is 1.52. The molecule has 1 heterocycles. The van der Waals surface area contributed by atoms with Gasteiger partial charge in [0.05, 0.1) is 0 Å². The second-order valence-corrected chi connectivity index (χ2v) is 7.74. The van der Waals surface area contributed by atoms with Gasteiger partial charge in [-0.3, -0.25) is 4.90 Å². The quantitative estimate of drug-likeness (QED) is 0.620. The number of nitrogens with zero attached hydrogens (tertiary/aromatic N) is 1. The van der Waals surface area contributed by atoms with Crippen molar-refractivity contribution in [2.75, 3.05) is 19.6 Å². The Hall–Kier alpha value is -2.32. The van der Waals surface area contributed by atoms with Gasteiger partial charge < -0.3 is 5.32 Å². The Kier molecular flexibility index (Phi) is 7.93. The van der Waals surface area contributed by atoms with E-state index in [9.17, 15) is 0 Å². The van der Waals surface area contributed by atoms with Crippen molar-refractivity contribution in [2.24, 2.45) is 5.92 Å². The van der Waals surface area contributed by atoms with Crippen molar-refractivity contribution in [3.05, 3.63) is 89.6 Å². The lowest BCUT2D eigenvalue weighted by molar-refractivity contribution is 0.195. The fourth-order valence-electron chi connectivity index (χ4n) is 3.98. The molecule has 0 aliphatic carbocycles. The minimum atomic E-state index is 0.820. The van der Waals surface area contributed by atoms with Crippen LogP contribution in [-0.2, 0) is 6.42 Å². The molecule has 1 saturated heterocycles. The monoisotopic (exact) mass is 374 g/mol. The topological polar surface area (TPSA) is 15.3 Å². The van der Waals surface area contributed by atoms with Crippen LogP contribution in [0.1, 0.15) is 44.2 Å². The minimum absolute atomic E-state index is 0.820. The molecule has 0 bridgehead atoms. The van der Waals surface area contributed by atoms with Crippen LogP contribution in [0.4, 0.5) is 0 Å². The summed E-state index contributed by atoms with van der Waals surface area (Å²) in [5.41, 5.74) is 5.25. The first-order valence-electron chi connectivity index (χ1n) is 10.7. The van der Waals surface area contributed by atoms with Gasteiger partial charge in [0.25, 0.3) is 0 Å².